The Balaban J connectivity index is 1.85. The average Bonchev–Trinajstić information content (AvgIpc) is 2.81. The summed E-state index contributed by atoms with van der Waals surface area (Å²) in [6.45, 7) is 8.70. The molecule has 1 saturated heterocycles. The summed E-state index contributed by atoms with van der Waals surface area (Å²) in [5.74, 6) is 1.06. The van der Waals surface area contributed by atoms with E-state index in [1.54, 1.807) is 0 Å². The van der Waals surface area contributed by atoms with E-state index in [1.807, 2.05) is 6.07 Å². The van der Waals surface area contributed by atoms with Gasteiger partial charge in [0.15, 0.2) is 0 Å². The quantitative estimate of drug-likeness (QED) is 0.925. The molecule has 1 aromatic carbocycles. The Labute approximate surface area is 120 Å². The number of nitrogens with zero attached hydrogens (tertiary/aromatic N) is 1. The highest BCUT2D eigenvalue weighted by Crippen LogP contribution is 2.27. The smallest absolute Gasteiger partial charge is 0.134 e. The van der Waals surface area contributed by atoms with Crippen molar-refractivity contribution >= 4 is 11.0 Å². The Morgan fingerprint density at radius 1 is 1.35 bits per heavy atom. The number of hydrogen-bond acceptors (Lipinski definition) is 3. The van der Waals surface area contributed by atoms with Crippen LogP contribution in [0.25, 0.3) is 11.0 Å². The molecular formula is C17H24N2O. The predicted molar refractivity (Wildman–Crippen MR) is 82.9 cm³/mol. The summed E-state index contributed by atoms with van der Waals surface area (Å²) in [4.78, 5) is 2.58. The summed E-state index contributed by atoms with van der Waals surface area (Å²) in [5, 5.41) is 4.79. The van der Waals surface area contributed by atoms with Crippen LogP contribution in [0.5, 0.6) is 0 Å². The van der Waals surface area contributed by atoms with Crippen LogP contribution in [-0.2, 0) is 6.54 Å². The molecule has 1 aromatic heterocycles. The van der Waals surface area contributed by atoms with Gasteiger partial charge in [-0.15, -0.1) is 0 Å². The number of aryl methyl sites for hydroxylation is 1. The highest BCUT2D eigenvalue weighted by atomic mass is 16.3. The van der Waals surface area contributed by atoms with Crippen molar-refractivity contribution in [2.45, 2.75) is 39.3 Å². The van der Waals surface area contributed by atoms with E-state index in [0.29, 0.717) is 6.04 Å². The van der Waals surface area contributed by atoms with Gasteiger partial charge in [0.25, 0.3) is 0 Å². The zero-order valence-electron chi connectivity index (χ0n) is 12.5. The highest BCUT2D eigenvalue weighted by Gasteiger charge is 2.22. The number of likely N-dealkylation sites (N-methyl/N-ethyl adjacent to an activating group) is 1. The number of piperidine rings is 1. The van der Waals surface area contributed by atoms with Gasteiger partial charge in [0, 0.05) is 30.1 Å². The van der Waals surface area contributed by atoms with Gasteiger partial charge in [0.1, 0.15) is 11.3 Å². The van der Waals surface area contributed by atoms with Crippen LogP contribution in [-0.4, -0.2) is 30.6 Å². The van der Waals surface area contributed by atoms with E-state index in [9.17, 15) is 0 Å². The molecule has 108 valence electrons. The van der Waals surface area contributed by atoms with Gasteiger partial charge in [-0.05, 0) is 38.9 Å². The number of benzene rings is 1. The minimum absolute atomic E-state index is 0.654. The van der Waals surface area contributed by atoms with E-state index < -0.39 is 0 Å². The molecule has 1 aliphatic heterocycles. The number of hydrogen-bond donors (Lipinski definition) is 1. The van der Waals surface area contributed by atoms with Gasteiger partial charge in [-0.25, -0.2) is 0 Å². The molecule has 20 heavy (non-hydrogen) atoms. The second-order valence-electron chi connectivity index (χ2n) is 5.70. The molecule has 1 N–H and O–H groups in total. The maximum atomic E-state index is 5.89. The lowest BCUT2D eigenvalue weighted by atomic mass is 10.0. The number of nitrogens with one attached hydrogen (secondary N) is 1. The summed E-state index contributed by atoms with van der Waals surface area (Å²) in [6, 6.07) is 9.02. The molecule has 0 spiro atoms. The number of rotatable bonds is 4. The summed E-state index contributed by atoms with van der Waals surface area (Å²) < 4.78 is 5.89. The Hall–Kier alpha value is -1.32. The third-order valence-electron chi connectivity index (χ3n) is 4.45. The van der Waals surface area contributed by atoms with Crippen LogP contribution >= 0.6 is 0 Å². The van der Waals surface area contributed by atoms with Crippen molar-refractivity contribution in [3.05, 3.63) is 35.6 Å². The van der Waals surface area contributed by atoms with Gasteiger partial charge >= 0.3 is 0 Å². The maximum Gasteiger partial charge on any atom is 0.134 e. The molecule has 0 bridgehead atoms. The largest absolute Gasteiger partial charge is 0.461 e. The topological polar surface area (TPSA) is 28.4 Å². The van der Waals surface area contributed by atoms with Gasteiger partial charge in [0.05, 0.1) is 0 Å². The van der Waals surface area contributed by atoms with Crippen LogP contribution in [0.1, 0.15) is 31.1 Å². The van der Waals surface area contributed by atoms with Crippen LogP contribution in [0, 0.1) is 6.92 Å². The van der Waals surface area contributed by atoms with Gasteiger partial charge in [-0.3, -0.25) is 4.90 Å². The van der Waals surface area contributed by atoms with Crippen molar-refractivity contribution in [2.24, 2.45) is 0 Å². The lowest BCUT2D eigenvalue weighted by Crippen LogP contribution is -2.45. The first kappa shape index (κ1) is 13.7. The first-order valence-corrected chi connectivity index (χ1v) is 7.71. The van der Waals surface area contributed by atoms with Gasteiger partial charge in [-0.2, -0.15) is 0 Å². The number of fused-ring (bicyclic) bond motifs is 1. The minimum atomic E-state index is 0.654. The Morgan fingerprint density at radius 2 is 2.20 bits per heavy atom. The predicted octanol–water partition coefficient (Wildman–Crippen LogP) is 3.32. The molecular weight excluding hydrogens is 248 g/mol. The monoisotopic (exact) mass is 272 g/mol. The average molecular weight is 272 g/mol. The zero-order valence-corrected chi connectivity index (χ0v) is 12.5. The normalized spacial score (nSPS) is 19.9. The lowest BCUT2D eigenvalue weighted by Gasteiger charge is -2.33. The molecule has 0 amide bonds. The Kier molecular flexibility index (Phi) is 4.08. The zero-order chi connectivity index (χ0) is 13.9. The molecule has 0 radical (unpaired) electrons. The number of furan rings is 1. The standard InChI is InChI=1S/C17H24N2O/c1-3-19(14-7-6-10-18-11-14)12-16-13(2)20-17-9-5-4-8-15(16)17/h4-5,8-9,14,18H,3,6-7,10-12H2,1-2H3. The Morgan fingerprint density at radius 3 is 2.95 bits per heavy atom. The van der Waals surface area contributed by atoms with Crippen LogP contribution in [0.3, 0.4) is 0 Å². The van der Waals surface area contributed by atoms with Crippen LogP contribution in [0.15, 0.2) is 28.7 Å². The highest BCUT2D eigenvalue weighted by molar-refractivity contribution is 5.82. The molecule has 3 rings (SSSR count). The minimum Gasteiger partial charge on any atom is -0.461 e. The van der Waals surface area contributed by atoms with E-state index in [2.05, 4.69) is 42.3 Å². The van der Waals surface area contributed by atoms with Crippen molar-refractivity contribution in [3.63, 3.8) is 0 Å². The van der Waals surface area contributed by atoms with Gasteiger partial charge < -0.3 is 9.73 Å². The molecule has 1 atom stereocenters. The fourth-order valence-corrected chi connectivity index (χ4v) is 3.26. The SMILES string of the molecule is CCN(Cc1c(C)oc2ccccc12)C1CCCNC1. The van der Waals surface area contributed by atoms with Crippen LogP contribution < -0.4 is 5.32 Å². The molecule has 3 nitrogen and oxygen atoms in total. The van der Waals surface area contributed by atoms with Crippen molar-refractivity contribution in [1.29, 1.82) is 0 Å². The fraction of sp³-hybridized carbons (Fsp3) is 0.529. The van der Waals surface area contributed by atoms with Gasteiger partial charge in [-0.1, -0.05) is 25.1 Å². The summed E-state index contributed by atoms with van der Waals surface area (Å²) in [7, 11) is 0. The summed E-state index contributed by atoms with van der Waals surface area (Å²) in [6.07, 6.45) is 2.59. The van der Waals surface area contributed by atoms with Crippen molar-refractivity contribution in [2.75, 3.05) is 19.6 Å². The summed E-state index contributed by atoms with van der Waals surface area (Å²) >= 11 is 0. The second kappa shape index (κ2) is 5.98. The van der Waals surface area contributed by atoms with E-state index in [1.165, 1.54) is 30.3 Å². The van der Waals surface area contributed by atoms with Crippen LogP contribution in [0.2, 0.25) is 0 Å². The van der Waals surface area contributed by atoms with Crippen molar-refractivity contribution in [1.82, 2.24) is 10.2 Å². The molecule has 2 heterocycles. The first-order chi connectivity index (χ1) is 9.79. The van der Waals surface area contributed by atoms with Crippen molar-refractivity contribution < 1.29 is 4.42 Å². The van der Waals surface area contributed by atoms with E-state index >= 15 is 0 Å². The van der Waals surface area contributed by atoms with Crippen LogP contribution in [0.4, 0.5) is 0 Å². The molecule has 3 heteroatoms. The molecule has 0 saturated carbocycles. The molecule has 1 unspecified atom stereocenters. The summed E-state index contributed by atoms with van der Waals surface area (Å²) in [5.41, 5.74) is 2.37. The molecule has 1 fully saturated rings. The third kappa shape index (κ3) is 2.60. The van der Waals surface area contributed by atoms with E-state index in [4.69, 9.17) is 4.42 Å². The molecule has 0 aliphatic carbocycles. The fourth-order valence-electron chi connectivity index (χ4n) is 3.26. The van der Waals surface area contributed by atoms with E-state index in [-0.39, 0.29) is 0 Å². The molecule has 1 aliphatic rings. The maximum absolute atomic E-state index is 5.89. The Bertz CT molecular complexity index is 569. The first-order valence-electron chi connectivity index (χ1n) is 7.71. The second-order valence-corrected chi connectivity index (χ2v) is 5.70. The number of para-hydroxylation sites is 1. The third-order valence-corrected chi connectivity index (χ3v) is 4.45. The van der Waals surface area contributed by atoms with Crippen molar-refractivity contribution in [3.8, 4) is 0 Å². The van der Waals surface area contributed by atoms with E-state index in [0.717, 1.165) is 31.0 Å². The lowest BCUT2D eigenvalue weighted by molar-refractivity contribution is 0.166. The molecule has 2 aromatic rings. The van der Waals surface area contributed by atoms with Gasteiger partial charge in [0.2, 0.25) is 0 Å².